The van der Waals surface area contributed by atoms with Gasteiger partial charge in [-0.3, -0.25) is 9.15 Å². The van der Waals surface area contributed by atoms with Gasteiger partial charge in [-0.15, -0.1) is 12.1 Å². The number of nitrogens with zero attached hydrogens (tertiary/aromatic N) is 3. The van der Waals surface area contributed by atoms with Crippen LogP contribution in [0.3, 0.4) is 0 Å². The van der Waals surface area contributed by atoms with Gasteiger partial charge < -0.3 is 0 Å². The highest BCUT2D eigenvalue weighted by Gasteiger charge is 2.29. The normalized spacial score (nSPS) is 20.8. The fourth-order valence-corrected chi connectivity index (χ4v) is 8.86. The van der Waals surface area contributed by atoms with Crippen LogP contribution in [0.5, 0.6) is 0 Å². The summed E-state index contributed by atoms with van der Waals surface area (Å²) in [6.07, 6.45) is 28.8. The second-order valence-corrected chi connectivity index (χ2v) is 16.0. The number of allylic oxidation sites excluding steroid dienone is 5. The quantitative estimate of drug-likeness (QED) is 0.124. The fraction of sp³-hybridized carbons (Fsp3) is 0.340. The lowest BCUT2D eigenvalue weighted by atomic mass is 9.70. The molecule has 3 atom stereocenters. The maximum Gasteiger partial charge on any atom is 0.213 e. The van der Waals surface area contributed by atoms with E-state index in [2.05, 4.69) is 171 Å². The average molecular weight is 703 g/mol. The Kier molecular flexibility index (Phi) is 12.3. The maximum absolute atomic E-state index is 4.39. The molecule has 6 rings (SSSR count). The molecule has 1 aliphatic carbocycles. The van der Waals surface area contributed by atoms with Crippen molar-refractivity contribution in [2.75, 3.05) is 0 Å². The Morgan fingerprint density at radius 1 is 0.698 bits per heavy atom. The van der Waals surface area contributed by atoms with Crippen LogP contribution < -0.4 is 9.59 Å². The molecular weight excluding hydrogens is 643 g/mol. The molecule has 1 fully saturated rings. The number of benzene rings is 2. The molecule has 0 bridgehead atoms. The van der Waals surface area contributed by atoms with E-state index in [0.29, 0.717) is 5.92 Å². The van der Waals surface area contributed by atoms with Gasteiger partial charge in [0.2, 0.25) is 5.35 Å². The van der Waals surface area contributed by atoms with E-state index in [9.17, 15) is 0 Å². The Hall–Kier alpha value is -4.89. The first-order valence-corrected chi connectivity index (χ1v) is 19.8. The lowest BCUT2D eigenvalue weighted by Crippen LogP contribution is -2.38. The van der Waals surface area contributed by atoms with E-state index in [1.165, 1.54) is 95.1 Å². The second kappa shape index (κ2) is 17.3. The van der Waals surface area contributed by atoms with Crippen LogP contribution in [0.4, 0.5) is 0 Å². The van der Waals surface area contributed by atoms with Gasteiger partial charge in [0.25, 0.3) is 0 Å². The number of rotatable bonds is 13. The van der Waals surface area contributed by atoms with Crippen molar-refractivity contribution in [1.29, 1.82) is 0 Å². The van der Waals surface area contributed by atoms with Crippen molar-refractivity contribution in [3.63, 3.8) is 0 Å². The molecular formula is C50H60N3+. The molecule has 3 aromatic rings. The number of pyridine rings is 1. The van der Waals surface area contributed by atoms with E-state index in [1.54, 1.807) is 0 Å². The third kappa shape index (κ3) is 9.38. The van der Waals surface area contributed by atoms with E-state index < -0.39 is 0 Å². The number of aryl methyl sites for hydroxylation is 3. The van der Waals surface area contributed by atoms with Gasteiger partial charge >= 0.3 is 0 Å². The summed E-state index contributed by atoms with van der Waals surface area (Å²) in [6.45, 7) is 26.0. The monoisotopic (exact) mass is 702 g/mol. The molecule has 2 aliphatic heterocycles. The van der Waals surface area contributed by atoms with E-state index in [0.717, 1.165) is 42.4 Å². The van der Waals surface area contributed by atoms with Gasteiger partial charge in [0.05, 0.1) is 13.4 Å². The molecule has 2 aromatic carbocycles. The van der Waals surface area contributed by atoms with Gasteiger partial charge in [-0.1, -0.05) is 100 Å². The Morgan fingerprint density at radius 3 is 1.58 bits per heavy atom. The molecule has 274 valence electrons. The van der Waals surface area contributed by atoms with Crippen molar-refractivity contribution >= 4 is 19.0 Å². The number of aromatic nitrogens is 1. The predicted octanol–water partition coefficient (Wildman–Crippen LogP) is 10.2. The smallest absolute Gasteiger partial charge is 0.213 e. The molecule has 0 radical (unpaired) electrons. The molecule has 0 N–H and O–H groups in total. The summed E-state index contributed by atoms with van der Waals surface area (Å²) in [4.78, 5) is 0. The highest BCUT2D eigenvalue weighted by atomic mass is 15.0. The van der Waals surface area contributed by atoms with Crippen molar-refractivity contribution in [2.24, 2.45) is 23.7 Å². The summed E-state index contributed by atoms with van der Waals surface area (Å²) in [5.41, 5.74) is 10.4. The minimum atomic E-state index is 0.414. The largest absolute Gasteiger partial charge is 0.255 e. The number of hydrogen-bond acceptors (Lipinski definition) is 0. The summed E-state index contributed by atoms with van der Waals surface area (Å²) in [5, 5.41) is 1.16. The van der Waals surface area contributed by atoms with Crippen molar-refractivity contribution in [1.82, 2.24) is 0 Å². The fourth-order valence-electron chi connectivity index (χ4n) is 8.86. The Morgan fingerprint density at radius 2 is 1.17 bits per heavy atom. The van der Waals surface area contributed by atoms with Gasteiger partial charge in [-0.05, 0) is 122 Å². The van der Waals surface area contributed by atoms with Crippen molar-refractivity contribution in [2.45, 2.75) is 85.5 Å². The molecule has 3 heterocycles. The van der Waals surface area contributed by atoms with Gasteiger partial charge in [-0.2, -0.15) is 4.24 Å². The minimum absolute atomic E-state index is 0.414. The van der Waals surface area contributed by atoms with E-state index in [4.69, 9.17) is 0 Å². The van der Waals surface area contributed by atoms with Gasteiger partial charge in [0.15, 0.2) is 6.20 Å². The molecule has 0 saturated heterocycles. The summed E-state index contributed by atoms with van der Waals surface area (Å²) < 4.78 is 6.19. The van der Waals surface area contributed by atoms with Crippen LogP contribution in [0.2, 0.25) is 0 Å². The van der Waals surface area contributed by atoms with Gasteiger partial charge in [-0.25, -0.2) is 0 Å². The van der Waals surface area contributed by atoms with Crippen LogP contribution in [-0.2, 0) is 6.42 Å². The zero-order valence-corrected chi connectivity index (χ0v) is 32.7. The van der Waals surface area contributed by atoms with E-state index >= 15 is 0 Å². The Labute approximate surface area is 319 Å². The zero-order chi connectivity index (χ0) is 37.5. The van der Waals surface area contributed by atoms with Gasteiger partial charge in [0, 0.05) is 17.2 Å². The SMILES string of the molecule is C=CC(=c1ccc(CCC2C[C@@H](CCC3=C[N+](=C)[C-](c4ccccc4C)C=C3)C[C@@H](CCC3=C[N+](=C)[C-](c4ccccc4C)C=C3)C2)c[n+]1=C)C(C)C. The molecule has 0 amide bonds. The molecule has 1 saturated carbocycles. The van der Waals surface area contributed by atoms with E-state index in [-0.39, 0.29) is 0 Å². The van der Waals surface area contributed by atoms with Crippen LogP contribution in [0.15, 0.2) is 127 Å². The van der Waals surface area contributed by atoms with Crippen LogP contribution >= 0.6 is 0 Å². The summed E-state index contributed by atoms with van der Waals surface area (Å²) >= 11 is 0. The molecule has 53 heavy (non-hydrogen) atoms. The summed E-state index contributed by atoms with van der Waals surface area (Å²) in [5.74, 6) is 2.59. The first-order valence-electron chi connectivity index (χ1n) is 19.8. The molecule has 3 nitrogen and oxygen atoms in total. The molecule has 1 unspecified atom stereocenters. The highest BCUT2D eigenvalue weighted by molar-refractivity contribution is 5.55. The summed E-state index contributed by atoms with van der Waals surface area (Å²) in [6, 6.07) is 24.0. The maximum atomic E-state index is 4.39. The molecule has 3 aliphatic rings. The average Bonchev–Trinajstić information content (AvgIpc) is 3.14. The first-order chi connectivity index (χ1) is 25.6. The van der Waals surface area contributed by atoms with Crippen LogP contribution in [0, 0.1) is 56.3 Å². The van der Waals surface area contributed by atoms with Crippen molar-refractivity contribution in [3.05, 3.63) is 179 Å². The lowest BCUT2D eigenvalue weighted by molar-refractivity contribution is -0.514. The predicted molar refractivity (Wildman–Crippen MR) is 223 cm³/mol. The summed E-state index contributed by atoms with van der Waals surface area (Å²) in [7, 11) is 0. The van der Waals surface area contributed by atoms with Crippen molar-refractivity contribution in [3.8, 4) is 0 Å². The third-order valence-corrected chi connectivity index (χ3v) is 11.8. The van der Waals surface area contributed by atoms with Gasteiger partial charge in [0.1, 0.15) is 31.2 Å². The van der Waals surface area contributed by atoms with Crippen LogP contribution in [0.25, 0.3) is 5.57 Å². The Bertz CT molecular complexity index is 1970. The third-order valence-electron chi connectivity index (χ3n) is 11.8. The van der Waals surface area contributed by atoms with E-state index in [1.807, 2.05) is 6.08 Å². The minimum Gasteiger partial charge on any atom is -0.255 e. The first kappa shape index (κ1) is 37.9. The lowest BCUT2D eigenvalue weighted by Gasteiger charge is -2.36. The Balaban J connectivity index is 1.12. The van der Waals surface area contributed by atoms with Crippen LogP contribution in [-0.4, -0.2) is 22.6 Å². The topological polar surface area (TPSA) is 11.9 Å². The zero-order valence-electron chi connectivity index (χ0n) is 32.7. The number of hydrogen-bond donors (Lipinski definition) is 0. The molecule has 3 heteroatoms. The standard InChI is InChI=1S/C50H60N3/c1-9-45(36(2)3)48-27-24-39(33-51(48)6)18-21-42-30-43(22-19-40-25-28-49(52(7)34-40)46-16-12-10-14-37(46)4)32-44(31-42)23-20-41-26-29-50(53(8)35-41)47-17-13-11-15-38(47)5/h9-17,24-29,33-36,42-44H,1,6-8,18-23,30-32H2,2-5H3/q+1/t42?,43-,44+. The molecule has 0 spiro atoms. The van der Waals surface area contributed by atoms with Crippen LogP contribution in [0.1, 0.15) is 93.0 Å². The second-order valence-electron chi connectivity index (χ2n) is 16.0. The van der Waals surface area contributed by atoms with Crippen molar-refractivity contribution < 1.29 is 13.4 Å². The molecule has 1 aromatic heterocycles. The highest BCUT2D eigenvalue weighted by Crippen LogP contribution is 2.41.